The summed E-state index contributed by atoms with van der Waals surface area (Å²) in [6.45, 7) is 0. The molecular formula is C12H16BrNO. The van der Waals surface area contributed by atoms with E-state index >= 15 is 0 Å². The first-order valence-corrected chi connectivity index (χ1v) is 6.16. The molecule has 0 heterocycles. The van der Waals surface area contributed by atoms with Crippen LogP contribution in [0.3, 0.4) is 0 Å². The third-order valence-electron chi connectivity index (χ3n) is 2.89. The fourth-order valence-electron chi connectivity index (χ4n) is 2.04. The molecule has 1 N–H and O–H groups in total. The van der Waals surface area contributed by atoms with Crippen LogP contribution >= 0.6 is 15.9 Å². The zero-order valence-electron chi connectivity index (χ0n) is 8.87. The predicted octanol–water partition coefficient (Wildman–Crippen LogP) is 2.97. The molecule has 1 aliphatic carbocycles. The third-order valence-corrected chi connectivity index (χ3v) is 3.38. The van der Waals surface area contributed by atoms with Crippen LogP contribution in [0.25, 0.3) is 0 Å². The van der Waals surface area contributed by atoms with Crippen molar-refractivity contribution in [3.63, 3.8) is 0 Å². The minimum Gasteiger partial charge on any atom is -0.490 e. The van der Waals surface area contributed by atoms with Crippen molar-refractivity contribution in [1.82, 2.24) is 5.32 Å². The van der Waals surface area contributed by atoms with Gasteiger partial charge in [0.15, 0.2) is 0 Å². The van der Waals surface area contributed by atoms with Gasteiger partial charge < -0.3 is 10.1 Å². The minimum absolute atomic E-state index is 0.372. The molecule has 2 unspecified atom stereocenters. The molecule has 15 heavy (non-hydrogen) atoms. The van der Waals surface area contributed by atoms with Crippen LogP contribution in [0.5, 0.6) is 5.75 Å². The molecule has 0 aliphatic heterocycles. The van der Waals surface area contributed by atoms with Crippen LogP contribution in [0.15, 0.2) is 28.7 Å². The lowest BCUT2D eigenvalue weighted by molar-refractivity contribution is 0.206. The molecular weight excluding hydrogens is 254 g/mol. The number of halogens is 1. The van der Waals surface area contributed by atoms with Crippen molar-refractivity contribution in [1.29, 1.82) is 0 Å². The lowest BCUT2D eigenvalue weighted by atomic mass is 10.2. The molecule has 1 aromatic rings. The van der Waals surface area contributed by atoms with E-state index in [1.807, 2.05) is 31.3 Å². The topological polar surface area (TPSA) is 21.3 Å². The van der Waals surface area contributed by atoms with Crippen molar-refractivity contribution in [3.05, 3.63) is 28.7 Å². The second kappa shape index (κ2) is 4.99. The quantitative estimate of drug-likeness (QED) is 0.911. The molecule has 82 valence electrons. The maximum Gasteiger partial charge on any atom is 0.120 e. The number of ether oxygens (including phenoxy) is 1. The van der Waals surface area contributed by atoms with E-state index in [0.29, 0.717) is 12.1 Å². The Bertz CT molecular complexity index is 329. The fourth-order valence-corrected chi connectivity index (χ4v) is 2.42. The van der Waals surface area contributed by atoms with Gasteiger partial charge >= 0.3 is 0 Å². The average Bonchev–Trinajstić information content (AvgIpc) is 2.65. The first-order chi connectivity index (χ1) is 7.28. The van der Waals surface area contributed by atoms with Gasteiger partial charge in [0.25, 0.3) is 0 Å². The summed E-state index contributed by atoms with van der Waals surface area (Å²) in [7, 11) is 2.02. The molecule has 1 aliphatic rings. The highest BCUT2D eigenvalue weighted by Gasteiger charge is 2.24. The van der Waals surface area contributed by atoms with Crippen LogP contribution in [-0.2, 0) is 0 Å². The molecule has 0 radical (unpaired) electrons. The van der Waals surface area contributed by atoms with Crippen LogP contribution < -0.4 is 10.1 Å². The van der Waals surface area contributed by atoms with Crippen molar-refractivity contribution in [2.24, 2.45) is 0 Å². The smallest absolute Gasteiger partial charge is 0.120 e. The van der Waals surface area contributed by atoms with E-state index in [2.05, 4.69) is 21.2 Å². The molecule has 0 aromatic heterocycles. The van der Waals surface area contributed by atoms with Gasteiger partial charge in [-0.1, -0.05) is 22.0 Å². The highest BCUT2D eigenvalue weighted by Crippen LogP contribution is 2.26. The van der Waals surface area contributed by atoms with Crippen molar-refractivity contribution >= 4 is 15.9 Å². The molecule has 0 amide bonds. The Labute approximate surface area is 99.1 Å². The van der Waals surface area contributed by atoms with Crippen molar-refractivity contribution in [2.75, 3.05) is 7.05 Å². The summed E-state index contributed by atoms with van der Waals surface area (Å²) in [4.78, 5) is 0. The van der Waals surface area contributed by atoms with E-state index in [0.717, 1.165) is 23.1 Å². The Balaban J connectivity index is 1.92. The molecule has 3 heteroatoms. The number of hydrogen-bond acceptors (Lipinski definition) is 2. The summed E-state index contributed by atoms with van der Waals surface area (Å²) < 4.78 is 6.99. The van der Waals surface area contributed by atoms with Gasteiger partial charge in [-0.25, -0.2) is 0 Å². The zero-order chi connectivity index (χ0) is 10.7. The van der Waals surface area contributed by atoms with Gasteiger partial charge in [0.1, 0.15) is 11.9 Å². The van der Waals surface area contributed by atoms with Crippen LogP contribution in [0, 0.1) is 0 Å². The van der Waals surface area contributed by atoms with Gasteiger partial charge in [0.2, 0.25) is 0 Å². The van der Waals surface area contributed by atoms with E-state index < -0.39 is 0 Å². The van der Waals surface area contributed by atoms with Crippen molar-refractivity contribution in [3.8, 4) is 5.75 Å². The molecule has 1 aromatic carbocycles. The zero-order valence-corrected chi connectivity index (χ0v) is 10.5. The second-order valence-electron chi connectivity index (χ2n) is 4.00. The van der Waals surface area contributed by atoms with E-state index in [1.54, 1.807) is 0 Å². The second-order valence-corrected chi connectivity index (χ2v) is 4.91. The molecule has 2 atom stereocenters. The molecule has 0 bridgehead atoms. The van der Waals surface area contributed by atoms with Gasteiger partial charge in [0, 0.05) is 10.5 Å². The summed E-state index contributed by atoms with van der Waals surface area (Å²) in [6, 6.07) is 8.67. The summed E-state index contributed by atoms with van der Waals surface area (Å²) >= 11 is 3.44. The van der Waals surface area contributed by atoms with Gasteiger partial charge in [-0.3, -0.25) is 0 Å². The van der Waals surface area contributed by atoms with Gasteiger partial charge in [-0.05, 0) is 44.5 Å². The molecule has 0 saturated heterocycles. The predicted molar refractivity (Wildman–Crippen MR) is 65.3 cm³/mol. The van der Waals surface area contributed by atoms with Crippen molar-refractivity contribution < 1.29 is 4.74 Å². The Morgan fingerprint density at radius 2 is 2.27 bits per heavy atom. The molecule has 1 saturated carbocycles. The van der Waals surface area contributed by atoms with Crippen LogP contribution in [0.1, 0.15) is 19.3 Å². The van der Waals surface area contributed by atoms with Crippen LogP contribution in [-0.4, -0.2) is 19.2 Å². The lowest BCUT2D eigenvalue weighted by Crippen LogP contribution is -2.23. The summed E-state index contributed by atoms with van der Waals surface area (Å²) in [5.74, 6) is 0.964. The van der Waals surface area contributed by atoms with E-state index in [1.165, 1.54) is 6.42 Å². The number of rotatable bonds is 3. The Morgan fingerprint density at radius 1 is 1.40 bits per heavy atom. The SMILES string of the molecule is CNC1CCC(Oc2cccc(Br)c2)C1. The molecule has 2 nitrogen and oxygen atoms in total. The molecule has 2 rings (SSSR count). The van der Waals surface area contributed by atoms with Gasteiger partial charge in [-0.15, -0.1) is 0 Å². The molecule has 0 spiro atoms. The Kier molecular flexibility index (Phi) is 3.65. The van der Waals surface area contributed by atoms with Crippen molar-refractivity contribution in [2.45, 2.75) is 31.4 Å². The van der Waals surface area contributed by atoms with Gasteiger partial charge in [-0.2, -0.15) is 0 Å². The van der Waals surface area contributed by atoms with Crippen LogP contribution in [0.4, 0.5) is 0 Å². The Hall–Kier alpha value is -0.540. The average molecular weight is 270 g/mol. The van der Waals surface area contributed by atoms with E-state index in [9.17, 15) is 0 Å². The third kappa shape index (κ3) is 2.95. The van der Waals surface area contributed by atoms with Gasteiger partial charge in [0.05, 0.1) is 0 Å². The first kappa shape index (κ1) is 11.0. The first-order valence-electron chi connectivity index (χ1n) is 5.37. The number of hydrogen-bond donors (Lipinski definition) is 1. The number of nitrogens with one attached hydrogen (secondary N) is 1. The normalized spacial score (nSPS) is 25.5. The van der Waals surface area contributed by atoms with E-state index in [-0.39, 0.29) is 0 Å². The fraction of sp³-hybridized carbons (Fsp3) is 0.500. The highest BCUT2D eigenvalue weighted by molar-refractivity contribution is 9.10. The maximum atomic E-state index is 5.92. The monoisotopic (exact) mass is 269 g/mol. The Morgan fingerprint density at radius 3 is 2.93 bits per heavy atom. The summed E-state index contributed by atoms with van der Waals surface area (Å²) in [5.41, 5.74) is 0. The number of benzene rings is 1. The lowest BCUT2D eigenvalue weighted by Gasteiger charge is -2.14. The van der Waals surface area contributed by atoms with Crippen LogP contribution in [0.2, 0.25) is 0 Å². The summed E-state index contributed by atoms with van der Waals surface area (Å²) in [5, 5.41) is 3.30. The highest BCUT2D eigenvalue weighted by atomic mass is 79.9. The largest absolute Gasteiger partial charge is 0.490 e. The standard InChI is InChI=1S/C12H16BrNO/c1-14-10-5-6-12(8-10)15-11-4-2-3-9(13)7-11/h2-4,7,10,12,14H,5-6,8H2,1H3. The maximum absolute atomic E-state index is 5.92. The van der Waals surface area contributed by atoms with E-state index in [4.69, 9.17) is 4.74 Å². The minimum atomic E-state index is 0.372. The molecule has 1 fully saturated rings. The summed E-state index contributed by atoms with van der Waals surface area (Å²) in [6.07, 6.45) is 3.85.